The zero-order valence-corrected chi connectivity index (χ0v) is 12.7. The van der Waals surface area contributed by atoms with E-state index in [2.05, 4.69) is 15.1 Å². The van der Waals surface area contributed by atoms with Gasteiger partial charge in [-0.1, -0.05) is 17.3 Å². The van der Waals surface area contributed by atoms with Crippen LogP contribution in [0.2, 0.25) is 0 Å². The summed E-state index contributed by atoms with van der Waals surface area (Å²) in [7, 11) is 1.74. The van der Waals surface area contributed by atoms with Gasteiger partial charge in [0.15, 0.2) is 5.76 Å². The van der Waals surface area contributed by atoms with Gasteiger partial charge in [-0.3, -0.25) is 14.8 Å². The van der Waals surface area contributed by atoms with Gasteiger partial charge >= 0.3 is 0 Å². The van der Waals surface area contributed by atoms with Gasteiger partial charge in [0.05, 0.1) is 18.7 Å². The number of hydrogen-bond donors (Lipinski definition) is 0. The van der Waals surface area contributed by atoms with Crippen molar-refractivity contribution in [2.24, 2.45) is 0 Å². The highest BCUT2D eigenvalue weighted by molar-refractivity contribution is 5.78. The molecule has 0 aliphatic rings. The van der Waals surface area contributed by atoms with Crippen LogP contribution in [-0.2, 0) is 17.8 Å². The van der Waals surface area contributed by atoms with Crippen LogP contribution >= 0.6 is 0 Å². The van der Waals surface area contributed by atoms with E-state index >= 15 is 0 Å². The van der Waals surface area contributed by atoms with Crippen molar-refractivity contribution in [1.29, 1.82) is 0 Å². The van der Waals surface area contributed by atoms with Crippen molar-refractivity contribution in [3.05, 3.63) is 66.3 Å². The number of aromatic nitrogens is 3. The van der Waals surface area contributed by atoms with E-state index in [1.165, 1.54) is 0 Å². The number of nitrogens with zero attached hydrogens (tertiary/aromatic N) is 4. The molecule has 3 aromatic rings. The first-order valence-corrected chi connectivity index (χ1v) is 7.22. The number of rotatable bonds is 5. The molecule has 0 aliphatic heterocycles. The van der Waals surface area contributed by atoms with Gasteiger partial charge in [0, 0.05) is 31.7 Å². The van der Waals surface area contributed by atoms with Crippen LogP contribution in [0.3, 0.4) is 0 Å². The Hall–Kier alpha value is -3.02. The predicted octanol–water partition coefficient (Wildman–Crippen LogP) is 2.33. The van der Waals surface area contributed by atoms with Crippen LogP contribution in [0.1, 0.15) is 11.3 Å². The van der Waals surface area contributed by atoms with Crippen LogP contribution in [-0.4, -0.2) is 33.0 Å². The third-order valence-electron chi connectivity index (χ3n) is 3.38. The molecule has 0 radical (unpaired) electrons. The summed E-state index contributed by atoms with van der Waals surface area (Å²) in [5.41, 5.74) is 2.29. The molecule has 0 saturated heterocycles. The monoisotopic (exact) mass is 308 g/mol. The Morgan fingerprint density at radius 1 is 1.17 bits per heavy atom. The Kier molecular flexibility index (Phi) is 4.42. The lowest BCUT2D eigenvalue weighted by Crippen LogP contribution is -2.27. The van der Waals surface area contributed by atoms with Crippen molar-refractivity contribution in [1.82, 2.24) is 20.0 Å². The van der Waals surface area contributed by atoms with E-state index in [0.29, 0.717) is 24.4 Å². The highest BCUT2D eigenvalue weighted by Crippen LogP contribution is 2.17. The van der Waals surface area contributed by atoms with Crippen molar-refractivity contribution in [3.8, 4) is 11.4 Å². The molecule has 3 rings (SSSR count). The lowest BCUT2D eigenvalue weighted by molar-refractivity contribution is -0.129. The molecule has 0 saturated carbocycles. The molecule has 0 atom stereocenters. The largest absolute Gasteiger partial charge is 0.359 e. The average Bonchev–Trinajstić information content (AvgIpc) is 3.05. The Morgan fingerprint density at radius 2 is 2.09 bits per heavy atom. The van der Waals surface area contributed by atoms with E-state index in [1.807, 2.05) is 30.3 Å². The van der Waals surface area contributed by atoms with Crippen LogP contribution in [0.25, 0.3) is 11.4 Å². The average molecular weight is 308 g/mol. The molecule has 6 nitrogen and oxygen atoms in total. The molecule has 6 heteroatoms. The van der Waals surface area contributed by atoms with Gasteiger partial charge in [-0.25, -0.2) is 0 Å². The summed E-state index contributed by atoms with van der Waals surface area (Å²) in [6.45, 7) is 0.360. The molecular weight excluding hydrogens is 292 g/mol. The molecule has 23 heavy (non-hydrogen) atoms. The Balaban J connectivity index is 1.63. The second-order valence-electron chi connectivity index (χ2n) is 5.18. The van der Waals surface area contributed by atoms with Gasteiger partial charge in [-0.2, -0.15) is 0 Å². The van der Waals surface area contributed by atoms with Gasteiger partial charge in [0.25, 0.3) is 0 Å². The number of carbonyl (C=O) groups excluding carboxylic acids is 1. The van der Waals surface area contributed by atoms with E-state index in [1.54, 1.807) is 36.6 Å². The van der Waals surface area contributed by atoms with Crippen molar-refractivity contribution < 1.29 is 9.32 Å². The molecule has 0 spiro atoms. The van der Waals surface area contributed by atoms with Gasteiger partial charge in [0.1, 0.15) is 5.69 Å². The fraction of sp³-hybridized carbons (Fsp3) is 0.176. The summed E-state index contributed by atoms with van der Waals surface area (Å²) in [4.78, 5) is 22.1. The third kappa shape index (κ3) is 3.79. The van der Waals surface area contributed by atoms with E-state index in [0.717, 1.165) is 11.3 Å². The van der Waals surface area contributed by atoms with E-state index in [-0.39, 0.29) is 5.91 Å². The summed E-state index contributed by atoms with van der Waals surface area (Å²) in [6.07, 6.45) is 5.39. The second kappa shape index (κ2) is 6.83. The molecule has 0 unspecified atom stereocenters. The molecule has 0 bridgehead atoms. The number of pyridine rings is 2. The van der Waals surface area contributed by atoms with Gasteiger partial charge in [-0.05, 0) is 23.8 Å². The quantitative estimate of drug-likeness (QED) is 0.723. The van der Waals surface area contributed by atoms with Crippen LogP contribution in [0.4, 0.5) is 0 Å². The molecular formula is C17H16N4O2. The highest BCUT2D eigenvalue weighted by Gasteiger charge is 2.14. The first-order valence-electron chi connectivity index (χ1n) is 7.22. The van der Waals surface area contributed by atoms with E-state index in [9.17, 15) is 4.79 Å². The summed E-state index contributed by atoms with van der Waals surface area (Å²) in [6, 6.07) is 11.1. The van der Waals surface area contributed by atoms with Crippen molar-refractivity contribution in [2.45, 2.75) is 13.0 Å². The lowest BCUT2D eigenvalue weighted by Gasteiger charge is -2.15. The Labute approximate surface area is 133 Å². The predicted molar refractivity (Wildman–Crippen MR) is 84.1 cm³/mol. The smallest absolute Gasteiger partial charge is 0.227 e. The molecule has 0 aromatic carbocycles. The van der Waals surface area contributed by atoms with Gasteiger partial charge in [0.2, 0.25) is 5.91 Å². The molecule has 3 aromatic heterocycles. The number of hydrogen-bond acceptors (Lipinski definition) is 5. The van der Waals surface area contributed by atoms with Crippen molar-refractivity contribution >= 4 is 5.91 Å². The molecule has 3 heterocycles. The molecule has 0 N–H and O–H groups in total. The zero-order chi connectivity index (χ0) is 16.1. The summed E-state index contributed by atoms with van der Waals surface area (Å²) in [5.74, 6) is 0.612. The summed E-state index contributed by atoms with van der Waals surface area (Å²) in [5, 5.41) is 4.00. The van der Waals surface area contributed by atoms with E-state index < -0.39 is 0 Å². The molecule has 1 amide bonds. The highest BCUT2D eigenvalue weighted by atomic mass is 16.5. The summed E-state index contributed by atoms with van der Waals surface area (Å²) < 4.78 is 5.29. The van der Waals surface area contributed by atoms with Gasteiger partial charge in [-0.15, -0.1) is 0 Å². The van der Waals surface area contributed by atoms with Crippen LogP contribution in [0.5, 0.6) is 0 Å². The number of amides is 1. The molecule has 0 fully saturated rings. The fourth-order valence-electron chi connectivity index (χ4n) is 2.16. The minimum Gasteiger partial charge on any atom is -0.359 e. The second-order valence-corrected chi connectivity index (χ2v) is 5.18. The molecule has 0 aliphatic carbocycles. The van der Waals surface area contributed by atoms with Crippen molar-refractivity contribution in [2.75, 3.05) is 7.05 Å². The first-order chi connectivity index (χ1) is 11.2. The maximum absolute atomic E-state index is 12.2. The maximum atomic E-state index is 12.2. The zero-order valence-electron chi connectivity index (χ0n) is 12.7. The summed E-state index contributed by atoms with van der Waals surface area (Å²) >= 11 is 0. The normalized spacial score (nSPS) is 10.5. The molecule has 116 valence electrons. The number of carbonyl (C=O) groups is 1. The Morgan fingerprint density at radius 3 is 2.83 bits per heavy atom. The van der Waals surface area contributed by atoms with Gasteiger partial charge < -0.3 is 9.42 Å². The standard InChI is InChI=1S/C17H16N4O2/c1-21(17(22)9-13-5-4-7-18-11-13)12-14-10-16(20-23-14)15-6-2-3-8-19-15/h2-8,10-11H,9,12H2,1H3. The fourth-order valence-corrected chi connectivity index (χ4v) is 2.16. The van der Waals surface area contributed by atoms with Crippen LogP contribution in [0, 0.1) is 0 Å². The topological polar surface area (TPSA) is 72.1 Å². The first kappa shape index (κ1) is 14.9. The third-order valence-corrected chi connectivity index (χ3v) is 3.38. The van der Waals surface area contributed by atoms with Crippen molar-refractivity contribution in [3.63, 3.8) is 0 Å². The van der Waals surface area contributed by atoms with Crippen LogP contribution in [0.15, 0.2) is 59.5 Å². The number of likely N-dealkylation sites (N-methyl/N-ethyl adjacent to an activating group) is 1. The lowest BCUT2D eigenvalue weighted by atomic mass is 10.2. The Bertz CT molecular complexity index is 772. The maximum Gasteiger partial charge on any atom is 0.227 e. The van der Waals surface area contributed by atoms with Crippen LogP contribution < -0.4 is 0 Å². The SMILES string of the molecule is CN(Cc1cc(-c2ccccn2)no1)C(=O)Cc1cccnc1. The van der Waals surface area contributed by atoms with E-state index in [4.69, 9.17) is 4.52 Å². The minimum absolute atomic E-state index is 0.00575. The minimum atomic E-state index is -0.00575.